The lowest BCUT2D eigenvalue weighted by molar-refractivity contribution is -0.177. The zero-order valence-electron chi connectivity index (χ0n) is 21.2. The summed E-state index contributed by atoms with van der Waals surface area (Å²) < 4.78 is 5.97. The highest BCUT2D eigenvalue weighted by atomic mass is 16.6. The first-order valence-corrected chi connectivity index (χ1v) is 12.8. The van der Waals surface area contributed by atoms with Crippen LogP contribution in [0.5, 0.6) is 0 Å². The van der Waals surface area contributed by atoms with Gasteiger partial charge in [0.1, 0.15) is 11.6 Å². The molecule has 0 amide bonds. The zero-order valence-corrected chi connectivity index (χ0v) is 21.2. The van der Waals surface area contributed by atoms with E-state index < -0.39 is 24.3 Å². The maximum atomic E-state index is 13.8. The number of hydrogen-bond acceptors (Lipinski definition) is 5. The normalized spacial score (nSPS) is 20.2. The van der Waals surface area contributed by atoms with Crippen molar-refractivity contribution in [2.75, 3.05) is 6.54 Å². The van der Waals surface area contributed by atoms with E-state index in [0.29, 0.717) is 19.3 Å². The molecule has 0 saturated carbocycles. The number of fused-ring (bicyclic) bond motifs is 3. The molecule has 5 nitrogen and oxygen atoms in total. The third-order valence-corrected chi connectivity index (χ3v) is 7.45. The first kappa shape index (κ1) is 24.8. The molecule has 0 unspecified atom stereocenters. The number of rotatable bonds is 7. The number of likely N-dealkylation sites (tertiary alicyclic amines) is 1. The molecule has 6 heteroatoms. The van der Waals surface area contributed by atoms with Crippen LogP contribution in [0, 0.1) is 5.92 Å². The van der Waals surface area contributed by atoms with E-state index in [1.165, 1.54) is 22.3 Å². The van der Waals surface area contributed by atoms with Crippen LogP contribution >= 0.6 is 0 Å². The summed E-state index contributed by atoms with van der Waals surface area (Å²) in [7, 11) is -1.33. The van der Waals surface area contributed by atoms with Gasteiger partial charge in [0.05, 0.1) is 5.54 Å². The fourth-order valence-electron chi connectivity index (χ4n) is 6.10. The van der Waals surface area contributed by atoms with Gasteiger partial charge in [-0.05, 0) is 67.2 Å². The molecule has 1 heterocycles. The van der Waals surface area contributed by atoms with Crippen LogP contribution in [0.2, 0.25) is 6.32 Å². The Kier molecular flexibility index (Phi) is 6.54. The summed E-state index contributed by atoms with van der Waals surface area (Å²) in [4.78, 5) is 16.1. The predicted molar refractivity (Wildman–Crippen MR) is 142 cm³/mol. The summed E-state index contributed by atoms with van der Waals surface area (Å²) in [6.07, 6.45) is 1.67. The van der Waals surface area contributed by atoms with E-state index in [4.69, 9.17) is 4.74 Å². The second-order valence-corrected chi connectivity index (χ2v) is 11.0. The molecule has 1 fully saturated rings. The number of esters is 1. The first-order valence-electron chi connectivity index (χ1n) is 12.8. The lowest BCUT2D eigenvalue weighted by Gasteiger charge is -2.56. The van der Waals surface area contributed by atoms with Gasteiger partial charge in [0.15, 0.2) is 0 Å². The Morgan fingerprint density at radius 3 is 2.06 bits per heavy atom. The van der Waals surface area contributed by atoms with Gasteiger partial charge in [-0.2, -0.15) is 0 Å². The molecule has 2 N–H and O–H groups in total. The average molecular weight is 483 g/mol. The van der Waals surface area contributed by atoms with Gasteiger partial charge in [-0.3, -0.25) is 9.69 Å². The number of carbonyl (C=O) groups excluding carboxylic acids is 1. The summed E-state index contributed by atoms with van der Waals surface area (Å²) >= 11 is 0. The maximum absolute atomic E-state index is 13.8. The minimum absolute atomic E-state index is 0.0686. The third-order valence-electron chi connectivity index (χ3n) is 7.45. The van der Waals surface area contributed by atoms with Crippen molar-refractivity contribution in [2.24, 2.45) is 5.92 Å². The van der Waals surface area contributed by atoms with Gasteiger partial charge in [-0.1, -0.05) is 85.3 Å². The molecule has 1 aliphatic heterocycles. The van der Waals surface area contributed by atoms with Gasteiger partial charge in [0.2, 0.25) is 0 Å². The minimum atomic E-state index is -1.33. The molecule has 0 spiro atoms. The molecule has 3 aromatic carbocycles. The van der Waals surface area contributed by atoms with Crippen molar-refractivity contribution in [1.29, 1.82) is 0 Å². The second kappa shape index (κ2) is 9.51. The van der Waals surface area contributed by atoms with Crippen LogP contribution < -0.4 is 0 Å². The van der Waals surface area contributed by atoms with Crippen molar-refractivity contribution in [3.8, 4) is 11.1 Å². The van der Waals surface area contributed by atoms with Crippen LogP contribution in [-0.2, 0) is 15.1 Å². The summed E-state index contributed by atoms with van der Waals surface area (Å²) in [6, 6.07) is 27.0. The molecule has 2 aliphatic rings. The molecule has 0 aromatic heterocycles. The highest BCUT2D eigenvalue weighted by Crippen LogP contribution is 2.57. The fraction of sp³-hybridized carbons (Fsp3) is 0.367. The van der Waals surface area contributed by atoms with Crippen LogP contribution in [0.15, 0.2) is 78.9 Å². The summed E-state index contributed by atoms with van der Waals surface area (Å²) in [5.41, 5.74) is 4.63. The number of nitrogens with zero attached hydrogens (tertiary/aromatic N) is 1. The van der Waals surface area contributed by atoms with E-state index in [1.807, 2.05) is 26.8 Å². The largest absolute Gasteiger partial charge is 0.459 e. The molecular weight excluding hydrogens is 449 g/mol. The number of ether oxygens (including phenoxy) is 1. The molecule has 2 atom stereocenters. The molecule has 0 radical (unpaired) electrons. The van der Waals surface area contributed by atoms with Crippen LogP contribution in [0.25, 0.3) is 11.1 Å². The van der Waals surface area contributed by atoms with Gasteiger partial charge in [0, 0.05) is 6.54 Å². The molecule has 5 rings (SSSR count). The van der Waals surface area contributed by atoms with E-state index in [1.54, 1.807) is 0 Å². The van der Waals surface area contributed by atoms with Crippen molar-refractivity contribution in [1.82, 2.24) is 4.90 Å². The highest BCUT2D eigenvalue weighted by molar-refractivity contribution is 6.40. The van der Waals surface area contributed by atoms with Crippen molar-refractivity contribution < 1.29 is 19.6 Å². The Balaban J connectivity index is 1.65. The van der Waals surface area contributed by atoms with Crippen LogP contribution in [0.1, 0.15) is 50.3 Å². The van der Waals surface area contributed by atoms with Crippen LogP contribution in [0.4, 0.5) is 0 Å². The molecule has 1 saturated heterocycles. The molecule has 186 valence electrons. The van der Waals surface area contributed by atoms with E-state index in [-0.39, 0.29) is 11.9 Å². The monoisotopic (exact) mass is 483 g/mol. The van der Waals surface area contributed by atoms with Crippen LogP contribution in [0.3, 0.4) is 0 Å². The van der Waals surface area contributed by atoms with Gasteiger partial charge in [0.25, 0.3) is 0 Å². The smallest absolute Gasteiger partial charge is 0.451 e. The first-order chi connectivity index (χ1) is 17.2. The Morgan fingerprint density at radius 1 is 0.944 bits per heavy atom. The van der Waals surface area contributed by atoms with E-state index in [9.17, 15) is 14.8 Å². The molecule has 1 aliphatic carbocycles. The summed E-state index contributed by atoms with van der Waals surface area (Å²) in [6.45, 7) is 6.41. The predicted octanol–water partition coefficient (Wildman–Crippen LogP) is 4.85. The number of benzene rings is 3. The van der Waals surface area contributed by atoms with Gasteiger partial charge in [-0.25, -0.2) is 0 Å². The van der Waals surface area contributed by atoms with Crippen molar-refractivity contribution in [3.05, 3.63) is 95.6 Å². The van der Waals surface area contributed by atoms with Gasteiger partial charge in [-0.15, -0.1) is 0 Å². The molecular formula is C30H34BNO4. The fourth-order valence-corrected chi connectivity index (χ4v) is 6.10. The van der Waals surface area contributed by atoms with Crippen molar-refractivity contribution in [3.63, 3.8) is 0 Å². The van der Waals surface area contributed by atoms with E-state index in [0.717, 1.165) is 12.0 Å². The Hall–Kier alpha value is -2.93. The standard InChI is InChI=1S/C30H34BNO4/c1-29(2,3)36-28(33)27-21(12-11-19-31(34)35)20-32(27)30(22-13-5-4-6-14-22)25-17-9-7-15-23(25)24-16-8-10-18-26(24)30/h4-10,13-18,21,27,34-35H,11-12,19-20H2,1-3H3/t21-,27+/m1/s1. The minimum Gasteiger partial charge on any atom is -0.459 e. The molecule has 3 aromatic rings. The highest BCUT2D eigenvalue weighted by Gasteiger charge is 2.59. The van der Waals surface area contributed by atoms with E-state index >= 15 is 0 Å². The topological polar surface area (TPSA) is 70.0 Å². The lowest BCUT2D eigenvalue weighted by atomic mass is 9.71. The Bertz CT molecular complexity index is 1190. The number of hydrogen-bond donors (Lipinski definition) is 2. The lowest BCUT2D eigenvalue weighted by Crippen LogP contribution is -2.68. The molecule has 36 heavy (non-hydrogen) atoms. The average Bonchev–Trinajstić information content (AvgIpc) is 3.11. The molecule has 0 bridgehead atoms. The SMILES string of the molecule is CC(C)(C)OC(=O)[C@@H]1[C@H](CCCB(O)O)CN1C1(c2ccccc2)c2ccccc2-c2ccccc21. The Morgan fingerprint density at radius 2 is 1.50 bits per heavy atom. The van der Waals surface area contributed by atoms with Crippen molar-refractivity contribution in [2.45, 2.75) is 57.1 Å². The Labute approximate surface area is 213 Å². The quantitative estimate of drug-likeness (QED) is 0.371. The van der Waals surface area contributed by atoms with Crippen LogP contribution in [-0.4, -0.2) is 46.2 Å². The summed E-state index contributed by atoms with van der Waals surface area (Å²) in [5, 5.41) is 18.7. The van der Waals surface area contributed by atoms with Gasteiger partial charge < -0.3 is 14.8 Å². The van der Waals surface area contributed by atoms with E-state index in [2.05, 4.69) is 77.7 Å². The number of carbonyl (C=O) groups is 1. The van der Waals surface area contributed by atoms with Crippen molar-refractivity contribution >= 4 is 13.1 Å². The van der Waals surface area contributed by atoms with Gasteiger partial charge >= 0.3 is 13.1 Å². The zero-order chi connectivity index (χ0) is 25.5. The second-order valence-electron chi connectivity index (χ2n) is 11.0. The summed E-state index contributed by atoms with van der Waals surface area (Å²) in [5.74, 6) is -0.153. The third kappa shape index (κ3) is 4.17. The maximum Gasteiger partial charge on any atom is 0.451 e.